The predicted octanol–water partition coefficient (Wildman–Crippen LogP) is 5.60. The Morgan fingerprint density at radius 2 is 1.24 bits per heavy atom. The molecule has 0 aliphatic carbocycles. The van der Waals surface area contributed by atoms with Gasteiger partial charge in [-0.05, 0) is 23.8 Å². The molecule has 0 atom stereocenters. The van der Waals surface area contributed by atoms with Crippen molar-refractivity contribution >= 4 is 17.5 Å². The molecule has 4 aromatic rings. The maximum Gasteiger partial charge on any atom is 0.282 e. The first-order chi connectivity index (χ1) is 17.9. The first-order valence-electron chi connectivity index (χ1n) is 10.7. The van der Waals surface area contributed by atoms with E-state index < -0.39 is 70.3 Å². The van der Waals surface area contributed by atoms with Gasteiger partial charge in [-0.2, -0.15) is 10.2 Å². The van der Waals surface area contributed by atoms with Crippen LogP contribution in [-0.4, -0.2) is 31.4 Å². The second-order valence-electron chi connectivity index (χ2n) is 8.02. The van der Waals surface area contributed by atoms with Gasteiger partial charge >= 0.3 is 0 Å². The van der Waals surface area contributed by atoms with Crippen LogP contribution in [0, 0.1) is 17.5 Å². The zero-order valence-electron chi connectivity index (χ0n) is 19.5. The van der Waals surface area contributed by atoms with Gasteiger partial charge in [0, 0.05) is 32.1 Å². The van der Waals surface area contributed by atoms with Crippen LogP contribution < -0.4 is 4.90 Å². The van der Waals surface area contributed by atoms with E-state index in [2.05, 4.69) is 10.2 Å². The molecule has 2 amide bonds. The molecule has 0 saturated heterocycles. The van der Waals surface area contributed by atoms with Gasteiger partial charge in [0.25, 0.3) is 24.7 Å². The van der Waals surface area contributed by atoms with Gasteiger partial charge in [0.2, 0.25) is 0 Å². The van der Waals surface area contributed by atoms with Crippen molar-refractivity contribution in [2.45, 2.75) is 12.9 Å². The minimum Gasteiger partial charge on any atom is -0.275 e. The summed E-state index contributed by atoms with van der Waals surface area (Å²) < 4.78 is 98.2. The summed E-state index contributed by atoms with van der Waals surface area (Å²) in [6.07, 6.45) is -4.70. The molecular formula is C24H16F7N5O2. The fourth-order valence-electron chi connectivity index (χ4n) is 3.84. The molecule has 0 bridgehead atoms. The van der Waals surface area contributed by atoms with Crippen molar-refractivity contribution < 1.29 is 40.3 Å². The highest BCUT2D eigenvalue weighted by Gasteiger charge is 2.36. The SMILES string of the molecule is Cn1cc(C(=O)N(C(=O)c2cn(C)nc2C(F)F)c2ccccc2-c2cc(F)c(F)c(F)c2)c(C(F)F)n1. The summed E-state index contributed by atoms with van der Waals surface area (Å²) in [5.74, 6) is -7.72. The Morgan fingerprint density at radius 3 is 1.68 bits per heavy atom. The van der Waals surface area contributed by atoms with Crippen molar-refractivity contribution in [3.05, 3.63) is 88.8 Å². The number of nitrogens with zero attached hydrogens (tertiary/aromatic N) is 5. The Kier molecular flexibility index (Phi) is 7.07. The van der Waals surface area contributed by atoms with Crippen LogP contribution in [0.3, 0.4) is 0 Å². The number of imide groups is 1. The van der Waals surface area contributed by atoms with E-state index in [4.69, 9.17) is 0 Å². The summed E-state index contributed by atoms with van der Waals surface area (Å²) in [6.45, 7) is 0. The first-order valence-corrected chi connectivity index (χ1v) is 10.7. The Bertz CT molecular complexity index is 1460. The minimum atomic E-state index is -3.25. The Labute approximate surface area is 209 Å². The van der Waals surface area contributed by atoms with Crippen LogP contribution in [0.5, 0.6) is 0 Å². The Hall–Kier alpha value is -4.49. The molecule has 2 heterocycles. The van der Waals surface area contributed by atoms with Crippen molar-refractivity contribution in [1.29, 1.82) is 0 Å². The van der Waals surface area contributed by atoms with Crippen LogP contribution in [-0.2, 0) is 14.1 Å². The Balaban J connectivity index is 1.99. The van der Waals surface area contributed by atoms with Gasteiger partial charge in [-0.25, -0.2) is 35.6 Å². The summed E-state index contributed by atoms with van der Waals surface area (Å²) in [6, 6.07) is 6.18. The van der Waals surface area contributed by atoms with Crippen molar-refractivity contribution in [3.63, 3.8) is 0 Å². The highest BCUT2D eigenvalue weighted by atomic mass is 19.3. The molecule has 7 nitrogen and oxygen atoms in total. The number of carbonyl (C=O) groups excluding carboxylic acids is 2. The number of hydrogen-bond donors (Lipinski definition) is 0. The molecule has 14 heteroatoms. The van der Waals surface area contributed by atoms with Crippen molar-refractivity contribution in [1.82, 2.24) is 19.6 Å². The smallest absolute Gasteiger partial charge is 0.275 e. The maximum absolute atomic E-state index is 14.0. The number of amides is 2. The van der Waals surface area contributed by atoms with E-state index in [1.807, 2.05) is 0 Å². The summed E-state index contributed by atoms with van der Waals surface area (Å²) in [5.41, 5.74) is -4.41. The van der Waals surface area contributed by atoms with Crippen molar-refractivity contribution in [3.8, 4) is 11.1 Å². The van der Waals surface area contributed by atoms with Gasteiger partial charge in [-0.3, -0.25) is 19.0 Å². The molecule has 0 N–H and O–H groups in total. The van der Waals surface area contributed by atoms with E-state index in [1.54, 1.807) is 0 Å². The number of para-hydroxylation sites is 1. The van der Waals surface area contributed by atoms with E-state index in [0.29, 0.717) is 17.0 Å². The second kappa shape index (κ2) is 10.1. The van der Waals surface area contributed by atoms with E-state index >= 15 is 0 Å². The van der Waals surface area contributed by atoms with Crippen LogP contribution >= 0.6 is 0 Å². The van der Waals surface area contributed by atoms with Gasteiger partial charge in [-0.15, -0.1) is 0 Å². The third kappa shape index (κ3) is 4.76. The van der Waals surface area contributed by atoms with E-state index in [1.165, 1.54) is 32.3 Å². The molecular weight excluding hydrogens is 523 g/mol. The predicted molar refractivity (Wildman–Crippen MR) is 119 cm³/mol. The molecule has 0 fully saturated rings. The maximum atomic E-state index is 14.0. The van der Waals surface area contributed by atoms with Crippen LogP contribution in [0.2, 0.25) is 0 Å². The number of benzene rings is 2. The zero-order valence-corrected chi connectivity index (χ0v) is 19.5. The van der Waals surface area contributed by atoms with Gasteiger partial charge in [0.1, 0.15) is 11.4 Å². The number of carbonyl (C=O) groups is 2. The van der Waals surface area contributed by atoms with Crippen LogP contribution in [0.25, 0.3) is 11.1 Å². The summed E-state index contributed by atoms with van der Waals surface area (Å²) in [4.78, 5) is 27.6. The molecule has 2 aromatic carbocycles. The topological polar surface area (TPSA) is 73.0 Å². The number of aromatic nitrogens is 4. The minimum absolute atomic E-state index is 0.211. The standard InChI is InChI=1S/C24H16F7N5O2/c1-34-9-13(19(32-34)21(28)29)23(37)36(24(38)14-10-35(2)33-20(14)22(30)31)17-6-4-3-5-12(17)11-7-15(25)18(27)16(26)8-11/h3-10,21-22H,1-2H3. The Morgan fingerprint density at radius 1 is 0.789 bits per heavy atom. The van der Waals surface area contributed by atoms with Gasteiger partial charge in [-0.1, -0.05) is 18.2 Å². The van der Waals surface area contributed by atoms with Gasteiger partial charge in [0.05, 0.1) is 16.8 Å². The van der Waals surface area contributed by atoms with Crippen LogP contribution in [0.1, 0.15) is 45.0 Å². The zero-order chi connectivity index (χ0) is 27.9. The molecule has 0 saturated carbocycles. The highest BCUT2D eigenvalue weighted by Crippen LogP contribution is 2.36. The third-order valence-corrected chi connectivity index (χ3v) is 5.43. The fourth-order valence-corrected chi connectivity index (χ4v) is 3.84. The van der Waals surface area contributed by atoms with Gasteiger partial charge in [0.15, 0.2) is 17.5 Å². The molecule has 0 spiro atoms. The van der Waals surface area contributed by atoms with E-state index in [-0.39, 0.29) is 11.1 Å². The largest absolute Gasteiger partial charge is 0.282 e. The van der Waals surface area contributed by atoms with E-state index in [9.17, 15) is 40.3 Å². The monoisotopic (exact) mass is 539 g/mol. The number of halogens is 7. The number of aryl methyl sites for hydroxylation is 2. The lowest BCUT2D eigenvalue weighted by Crippen LogP contribution is -2.38. The normalized spacial score (nSPS) is 11.4. The van der Waals surface area contributed by atoms with Crippen LogP contribution in [0.4, 0.5) is 36.4 Å². The molecule has 0 aliphatic heterocycles. The number of hydrogen-bond acceptors (Lipinski definition) is 4. The molecule has 4 rings (SSSR count). The molecule has 0 aliphatic rings. The second-order valence-corrected chi connectivity index (χ2v) is 8.02. The molecule has 2 aromatic heterocycles. The average molecular weight is 539 g/mol. The first kappa shape index (κ1) is 26.6. The molecule has 0 unspecified atom stereocenters. The summed E-state index contributed by atoms with van der Waals surface area (Å²) in [7, 11) is 2.48. The van der Waals surface area contributed by atoms with Crippen molar-refractivity contribution in [2.75, 3.05) is 4.90 Å². The molecule has 0 radical (unpaired) electrons. The summed E-state index contributed by atoms with van der Waals surface area (Å²) >= 11 is 0. The molecule has 38 heavy (non-hydrogen) atoms. The van der Waals surface area contributed by atoms with Gasteiger partial charge < -0.3 is 0 Å². The number of alkyl halides is 4. The lowest BCUT2D eigenvalue weighted by molar-refractivity contribution is 0.0881. The summed E-state index contributed by atoms with van der Waals surface area (Å²) in [5, 5.41) is 7.07. The van der Waals surface area contributed by atoms with Crippen molar-refractivity contribution in [2.24, 2.45) is 14.1 Å². The molecule has 198 valence electrons. The quantitative estimate of drug-likeness (QED) is 0.182. The average Bonchev–Trinajstić information content (AvgIpc) is 3.45. The third-order valence-electron chi connectivity index (χ3n) is 5.43. The number of rotatable bonds is 6. The number of anilines is 1. The van der Waals surface area contributed by atoms with Crippen LogP contribution in [0.15, 0.2) is 48.8 Å². The highest BCUT2D eigenvalue weighted by molar-refractivity contribution is 6.27. The lowest BCUT2D eigenvalue weighted by Gasteiger charge is -2.24. The fraction of sp³-hybridized carbons (Fsp3) is 0.167. The van der Waals surface area contributed by atoms with E-state index in [0.717, 1.165) is 27.8 Å². The lowest BCUT2D eigenvalue weighted by atomic mass is 10.0.